The number of thiophene rings is 1. The van der Waals surface area contributed by atoms with E-state index in [1.165, 1.54) is 16.9 Å². The summed E-state index contributed by atoms with van der Waals surface area (Å²) in [6, 6.07) is 12.1. The van der Waals surface area contributed by atoms with Gasteiger partial charge in [0.2, 0.25) is 5.91 Å². The number of benzene rings is 1. The fraction of sp³-hybridized carbons (Fsp3) is 0.429. The molecule has 3 rings (SSSR count). The Hall–Kier alpha value is -2.22. The summed E-state index contributed by atoms with van der Waals surface area (Å²) in [5.74, 6) is -0.458. The van der Waals surface area contributed by atoms with E-state index in [2.05, 4.69) is 22.3 Å². The van der Waals surface area contributed by atoms with Crippen molar-refractivity contribution in [3.8, 4) is 0 Å². The number of amides is 1. The van der Waals surface area contributed by atoms with Gasteiger partial charge in [0.1, 0.15) is 4.88 Å². The molecule has 1 saturated heterocycles. The molecule has 1 N–H and O–H groups in total. The Morgan fingerprint density at radius 1 is 1.32 bits per heavy atom. The van der Waals surface area contributed by atoms with Crippen molar-refractivity contribution < 1.29 is 19.1 Å². The molecule has 1 aromatic heterocycles. The number of nitrogens with one attached hydrogen (secondary N) is 1. The number of esters is 1. The van der Waals surface area contributed by atoms with E-state index < -0.39 is 0 Å². The molecule has 1 fully saturated rings. The summed E-state index contributed by atoms with van der Waals surface area (Å²) in [5, 5.41) is 3.54. The third kappa shape index (κ3) is 5.64. The zero-order chi connectivity index (χ0) is 19.9. The van der Waals surface area contributed by atoms with E-state index in [4.69, 9.17) is 9.47 Å². The van der Waals surface area contributed by atoms with Crippen LogP contribution in [0.5, 0.6) is 0 Å². The standard InChI is InChI=1S/C21H26N2O4S/c1-3-26-21(25)20-15(2)11-19(28-20)22-18(24)12-17-14-23(9-10-27-17)13-16-7-5-4-6-8-16/h4-8,11,17H,3,9-10,12-14H2,1-2H3,(H,22,24). The molecule has 150 valence electrons. The van der Waals surface area contributed by atoms with Gasteiger partial charge in [-0.25, -0.2) is 4.79 Å². The number of nitrogens with zero attached hydrogens (tertiary/aromatic N) is 1. The van der Waals surface area contributed by atoms with Gasteiger partial charge in [0.05, 0.1) is 30.7 Å². The molecule has 1 aliphatic heterocycles. The summed E-state index contributed by atoms with van der Waals surface area (Å²) in [7, 11) is 0. The number of carbonyl (C=O) groups excluding carboxylic acids is 2. The van der Waals surface area contributed by atoms with Crippen LogP contribution in [-0.2, 0) is 20.8 Å². The molecule has 0 bridgehead atoms. The predicted molar refractivity (Wildman–Crippen MR) is 110 cm³/mol. The van der Waals surface area contributed by atoms with Crippen LogP contribution in [0.4, 0.5) is 5.00 Å². The Balaban J connectivity index is 1.52. The third-order valence-electron chi connectivity index (χ3n) is 4.53. The van der Waals surface area contributed by atoms with E-state index in [9.17, 15) is 9.59 Å². The molecule has 0 saturated carbocycles. The summed E-state index contributed by atoms with van der Waals surface area (Å²) in [4.78, 5) is 27.2. The number of rotatable bonds is 7. The maximum absolute atomic E-state index is 12.4. The van der Waals surface area contributed by atoms with E-state index in [0.29, 0.717) is 23.1 Å². The first-order valence-electron chi connectivity index (χ1n) is 9.50. The average molecular weight is 403 g/mol. The first-order valence-corrected chi connectivity index (χ1v) is 10.3. The molecule has 0 spiro atoms. The van der Waals surface area contributed by atoms with Crippen molar-refractivity contribution in [3.05, 3.63) is 52.4 Å². The van der Waals surface area contributed by atoms with Crippen molar-refractivity contribution >= 4 is 28.2 Å². The Labute approximate surface area is 169 Å². The molecule has 1 aliphatic rings. The highest BCUT2D eigenvalue weighted by Crippen LogP contribution is 2.27. The second kappa shape index (κ2) is 9.82. The molecule has 0 aliphatic carbocycles. The molecule has 1 aromatic carbocycles. The summed E-state index contributed by atoms with van der Waals surface area (Å²) >= 11 is 1.24. The number of aryl methyl sites for hydroxylation is 1. The van der Waals surface area contributed by atoms with Gasteiger partial charge < -0.3 is 14.8 Å². The molecule has 28 heavy (non-hydrogen) atoms. The van der Waals surface area contributed by atoms with E-state index in [-0.39, 0.29) is 24.4 Å². The molecule has 2 aromatic rings. The maximum Gasteiger partial charge on any atom is 0.348 e. The van der Waals surface area contributed by atoms with Gasteiger partial charge in [-0.2, -0.15) is 0 Å². The van der Waals surface area contributed by atoms with Crippen molar-refractivity contribution in [1.29, 1.82) is 0 Å². The van der Waals surface area contributed by atoms with Gasteiger partial charge in [0.15, 0.2) is 0 Å². The molecule has 1 unspecified atom stereocenters. The second-order valence-corrected chi connectivity index (χ2v) is 7.86. The summed E-state index contributed by atoms with van der Waals surface area (Å²) < 4.78 is 10.8. The minimum Gasteiger partial charge on any atom is -0.462 e. The second-order valence-electron chi connectivity index (χ2n) is 6.81. The molecule has 0 radical (unpaired) electrons. The first-order chi connectivity index (χ1) is 13.5. The Morgan fingerprint density at radius 3 is 2.86 bits per heavy atom. The minimum atomic E-state index is -0.349. The highest BCUT2D eigenvalue weighted by atomic mass is 32.1. The van der Waals surface area contributed by atoms with E-state index in [1.807, 2.05) is 25.1 Å². The van der Waals surface area contributed by atoms with Crippen LogP contribution in [-0.4, -0.2) is 49.2 Å². The molecular weight excluding hydrogens is 376 g/mol. The van der Waals surface area contributed by atoms with Gasteiger partial charge >= 0.3 is 5.97 Å². The van der Waals surface area contributed by atoms with Crippen LogP contribution in [0.2, 0.25) is 0 Å². The van der Waals surface area contributed by atoms with E-state index in [0.717, 1.165) is 25.2 Å². The SMILES string of the molecule is CCOC(=O)c1sc(NC(=O)CC2CN(Cc3ccccc3)CCO2)cc1C. The van der Waals surface area contributed by atoms with Crippen LogP contribution in [0.15, 0.2) is 36.4 Å². The van der Waals surface area contributed by atoms with Crippen molar-refractivity contribution in [3.63, 3.8) is 0 Å². The lowest BCUT2D eigenvalue weighted by molar-refractivity contribution is -0.121. The fourth-order valence-electron chi connectivity index (χ4n) is 3.23. The molecule has 2 heterocycles. The summed E-state index contributed by atoms with van der Waals surface area (Å²) in [5.41, 5.74) is 2.06. The lowest BCUT2D eigenvalue weighted by Gasteiger charge is -2.32. The van der Waals surface area contributed by atoms with Crippen LogP contribution in [0.1, 0.15) is 34.1 Å². The number of carbonyl (C=O) groups is 2. The van der Waals surface area contributed by atoms with Crippen LogP contribution in [0.3, 0.4) is 0 Å². The minimum absolute atomic E-state index is 0.108. The van der Waals surface area contributed by atoms with Gasteiger partial charge in [0, 0.05) is 19.6 Å². The topological polar surface area (TPSA) is 67.9 Å². The molecule has 1 amide bonds. The van der Waals surface area contributed by atoms with Gasteiger partial charge in [-0.3, -0.25) is 9.69 Å². The number of hydrogen-bond donors (Lipinski definition) is 1. The number of hydrogen-bond acceptors (Lipinski definition) is 6. The number of ether oxygens (including phenoxy) is 2. The zero-order valence-electron chi connectivity index (χ0n) is 16.3. The maximum atomic E-state index is 12.4. The highest BCUT2D eigenvalue weighted by molar-refractivity contribution is 7.18. The Kier molecular flexibility index (Phi) is 7.19. The van der Waals surface area contributed by atoms with E-state index >= 15 is 0 Å². The van der Waals surface area contributed by atoms with Gasteiger partial charge in [-0.05, 0) is 31.0 Å². The van der Waals surface area contributed by atoms with E-state index in [1.54, 1.807) is 13.0 Å². The summed E-state index contributed by atoms with van der Waals surface area (Å²) in [6.45, 7) is 7.00. The van der Waals surface area contributed by atoms with Crippen molar-refractivity contribution in [2.24, 2.45) is 0 Å². The lowest BCUT2D eigenvalue weighted by Crippen LogP contribution is -2.43. The summed E-state index contributed by atoms with van der Waals surface area (Å²) in [6.07, 6.45) is 0.153. The largest absolute Gasteiger partial charge is 0.462 e. The van der Waals surface area contributed by atoms with Crippen LogP contribution in [0, 0.1) is 6.92 Å². The highest BCUT2D eigenvalue weighted by Gasteiger charge is 2.24. The molecule has 6 nitrogen and oxygen atoms in total. The number of anilines is 1. The van der Waals surface area contributed by atoms with Crippen LogP contribution >= 0.6 is 11.3 Å². The van der Waals surface area contributed by atoms with Gasteiger partial charge in [-0.1, -0.05) is 30.3 Å². The van der Waals surface area contributed by atoms with Crippen molar-refractivity contribution in [1.82, 2.24) is 4.90 Å². The van der Waals surface area contributed by atoms with Crippen LogP contribution < -0.4 is 5.32 Å². The van der Waals surface area contributed by atoms with Crippen LogP contribution in [0.25, 0.3) is 0 Å². The molecular formula is C21H26N2O4S. The lowest BCUT2D eigenvalue weighted by atomic mass is 10.1. The zero-order valence-corrected chi connectivity index (χ0v) is 17.1. The number of morpholine rings is 1. The monoisotopic (exact) mass is 402 g/mol. The smallest absolute Gasteiger partial charge is 0.348 e. The normalized spacial score (nSPS) is 17.3. The molecule has 7 heteroatoms. The Bertz CT molecular complexity index is 806. The van der Waals surface area contributed by atoms with Crippen molar-refractivity contribution in [2.45, 2.75) is 32.9 Å². The Morgan fingerprint density at radius 2 is 2.11 bits per heavy atom. The quantitative estimate of drug-likeness (QED) is 0.719. The average Bonchev–Trinajstić information content (AvgIpc) is 3.03. The van der Waals surface area contributed by atoms with Gasteiger partial charge in [-0.15, -0.1) is 11.3 Å². The van der Waals surface area contributed by atoms with Crippen molar-refractivity contribution in [2.75, 3.05) is 31.6 Å². The first kappa shape index (κ1) is 20.5. The molecule has 1 atom stereocenters. The van der Waals surface area contributed by atoms with Gasteiger partial charge in [0.25, 0.3) is 0 Å². The predicted octanol–water partition coefficient (Wildman–Crippen LogP) is 3.46. The third-order valence-corrected chi connectivity index (χ3v) is 5.66. The fourth-order valence-corrected chi connectivity index (χ4v) is 4.21.